The van der Waals surface area contributed by atoms with Crippen LogP contribution >= 0.6 is 0 Å². The summed E-state index contributed by atoms with van der Waals surface area (Å²) in [6.07, 6.45) is 8.43. The van der Waals surface area contributed by atoms with Gasteiger partial charge in [-0.3, -0.25) is 0 Å². The zero-order valence-corrected chi connectivity index (χ0v) is 18.6. The molecule has 1 aliphatic carbocycles. The number of hydrogen-bond acceptors (Lipinski definition) is 8. The molecular formula is C21H38N8O. The fourth-order valence-electron chi connectivity index (χ4n) is 3.49. The summed E-state index contributed by atoms with van der Waals surface area (Å²) in [6, 6.07) is 3.78. The van der Waals surface area contributed by atoms with Crippen LogP contribution in [0.3, 0.4) is 0 Å². The van der Waals surface area contributed by atoms with Crippen molar-refractivity contribution in [1.29, 1.82) is 0 Å². The first-order valence-corrected chi connectivity index (χ1v) is 10.8. The summed E-state index contributed by atoms with van der Waals surface area (Å²) in [4.78, 5) is 4.64. The Labute approximate surface area is 180 Å². The number of aryl methyl sites for hydroxylation is 1. The molecule has 0 unspecified atom stereocenters. The van der Waals surface area contributed by atoms with E-state index in [0.717, 1.165) is 37.1 Å². The summed E-state index contributed by atoms with van der Waals surface area (Å²) in [7, 11) is 1.71. The molecule has 168 valence electrons. The maximum Gasteiger partial charge on any atom is 0.140 e. The van der Waals surface area contributed by atoms with Crippen LogP contribution in [-0.4, -0.2) is 40.6 Å². The molecule has 0 atom stereocenters. The van der Waals surface area contributed by atoms with Gasteiger partial charge in [0.25, 0.3) is 0 Å². The molecule has 0 radical (unpaired) electrons. The lowest BCUT2D eigenvalue weighted by Crippen LogP contribution is -2.34. The predicted octanol–water partition coefficient (Wildman–Crippen LogP) is 2.17. The number of nitrogens with zero attached hydrogens (tertiary/aromatic N) is 4. The fraction of sp³-hybridized carbons (Fsp3) is 0.619. The highest BCUT2D eigenvalue weighted by Gasteiger charge is 2.18. The van der Waals surface area contributed by atoms with Crippen LogP contribution in [0.4, 0.5) is 0 Å². The van der Waals surface area contributed by atoms with Crippen molar-refractivity contribution in [1.82, 2.24) is 15.1 Å². The third-order valence-corrected chi connectivity index (χ3v) is 5.24. The molecule has 0 bridgehead atoms. The van der Waals surface area contributed by atoms with Crippen molar-refractivity contribution < 1.29 is 4.74 Å². The van der Waals surface area contributed by atoms with Gasteiger partial charge in [0.15, 0.2) is 0 Å². The molecule has 1 aromatic rings. The van der Waals surface area contributed by atoms with Gasteiger partial charge in [-0.1, -0.05) is 19.8 Å². The maximum atomic E-state index is 6.40. The summed E-state index contributed by atoms with van der Waals surface area (Å²) in [5.74, 6) is 13.0. The molecule has 2 rings (SSSR count). The normalized spacial score (nSPS) is 16.2. The SMILES string of the molecule is CCCCN(N)/N=C(\N)C/C(=C(/N)c1ccc(OC2CCCCC2)c(C)n1)N(C)N. The lowest BCUT2D eigenvalue weighted by atomic mass is 9.98. The van der Waals surface area contributed by atoms with Crippen molar-refractivity contribution in [2.24, 2.45) is 28.3 Å². The zero-order valence-electron chi connectivity index (χ0n) is 18.6. The Morgan fingerprint density at radius 3 is 2.50 bits per heavy atom. The Morgan fingerprint density at radius 1 is 1.20 bits per heavy atom. The van der Waals surface area contributed by atoms with Gasteiger partial charge in [-0.15, -0.1) is 5.10 Å². The monoisotopic (exact) mass is 418 g/mol. The quantitative estimate of drug-likeness (QED) is 0.196. The van der Waals surface area contributed by atoms with E-state index in [4.69, 9.17) is 27.9 Å². The first-order chi connectivity index (χ1) is 14.3. The number of aromatic nitrogens is 1. The number of pyridine rings is 1. The van der Waals surface area contributed by atoms with Crippen LogP contribution in [0.5, 0.6) is 5.75 Å². The molecule has 1 fully saturated rings. The average Bonchev–Trinajstić information content (AvgIpc) is 2.72. The second kappa shape index (κ2) is 11.6. The van der Waals surface area contributed by atoms with Gasteiger partial charge >= 0.3 is 0 Å². The molecule has 1 aromatic heterocycles. The highest BCUT2D eigenvalue weighted by molar-refractivity contribution is 5.84. The number of nitrogens with two attached hydrogens (primary N) is 4. The summed E-state index contributed by atoms with van der Waals surface area (Å²) in [5.41, 5.74) is 15.0. The van der Waals surface area contributed by atoms with Gasteiger partial charge in [0.1, 0.15) is 11.6 Å². The Hall–Kier alpha value is -2.52. The number of hydrazine groups is 2. The summed E-state index contributed by atoms with van der Waals surface area (Å²) >= 11 is 0. The van der Waals surface area contributed by atoms with Crippen molar-refractivity contribution >= 4 is 11.5 Å². The number of unbranched alkanes of at least 4 members (excludes halogenated alkanes) is 1. The van der Waals surface area contributed by atoms with Gasteiger partial charge in [-0.05, 0) is 51.2 Å². The topological polar surface area (TPSA) is 145 Å². The summed E-state index contributed by atoms with van der Waals surface area (Å²) < 4.78 is 6.16. The molecule has 0 aromatic carbocycles. The van der Waals surface area contributed by atoms with E-state index in [1.807, 2.05) is 19.1 Å². The number of hydrogen-bond donors (Lipinski definition) is 4. The third kappa shape index (κ3) is 7.07. The van der Waals surface area contributed by atoms with E-state index in [1.165, 1.54) is 29.4 Å². The van der Waals surface area contributed by atoms with Crippen molar-refractivity contribution in [3.8, 4) is 5.75 Å². The number of amidine groups is 1. The molecule has 9 heteroatoms. The Morgan fingerprint density at radius 2 is 1.90 bits per heavy atom. The maximum absolute atomic E-state index is 6.40. The first-order valence-electron chi connectivity index (χ1n) is 10.8. The first kappa shape index (κ1) is 23.8. The minimum Gasteiger partial charge on any atom is -0.489 e. The van der Waals surface area contributed by atoms with Crippen LogP contribution in [0.25, 0.3) is 5.70 Å². The molecule has 30 heavy (non-hydrogen) atoms. The molecule has 1 heterocycles. The highest BCUT2D eigenvalue weighted by Crippen LogP contribution is 2.26. The summed E-state index contributed by atoms with van der Waals surface area (Å²) in [6.45, 7) is 4.65. The van der Waals surface area contributed by atoms with E-state index in [1.54, 1.807) is 7.05 Å². The average molecular weight is 419 g/mol. The lowest BCUT2D eigenvalue weighted by molar-refractivity contribution is 0.153. The van der Waals surface area contributed by atoms with Crippen molar-refractivity contribution in [2.45, 2.75) is 71.3 Å². The Bertz CT molecular complexity index is 741. The van der Waals surface area contributed by atoms with Crippen LogP contribution in [-0.2, 0) is 0 Å². The van der Waals surface area contributed by atoms with E-state index in [2.05, 4.69) is 17.0 Å². The molecule has 0 saturated heterocycles. The van der Waals surface area contributed by atoms with E-state index in [0.29, 0.717) is 29.5 Å². The minimum absolute atomic E-state index is 0.264. The number of hydrazone groups is 1. The van der Waals surface area contributed by atoms with E-state index in [-0.39, 0.29) is 12.5 Å². The predicted molar refractivity (Wildman–Crippen MR) is 122 cm³/mol. The fourth-order valence-corrected chi connectivity index (χ4v) is 3.49. The molecule has 0 amide bonds. The van der Waals surface area contributed by atoms with E-state index >= 15 is 0 Å². The van der Waals surface area contributed by atoms with Crippen LogP contribution in [0.15, 0.2) is 22.9 Å². The van der Waals surface area contributed by atoms with Gasteiger partial charge in [0.2, 0.25) is 0 Å². The van der Waals surface area contributed by atoms with Gasteiger partial charge in [0.05, 0.1) is 41.9 Å². The lowest BCUT2D eigenvalue weighted by Gasteiger charge is -2.24. The molecule has 0 spiro atoms. The van der Waals surface area contributed by atoms with Crippen LogP contribution in [0.2, 0.25) is 0 Å². The second-order valence-corrected chi connectivity index (χ2v) is 7.91. The summed E-state index contributed by atoms with van der Waals surface area (Å²) in [5, 5.41) is 6.99. The highest BCUT2D eigenvalue weighted by atomic mass is 16.5. The largest absolute Gasteiger partial charge is 0.489 e. The Kier molecular flexibility index (Phi) is 9.19. The van der Waals surface area contributed by atoms with Gasteiger partial charge in [-0.2, -0.15) is 0 Å². The van der Waals surface area contributed by atoms with Gasteiger partial charge in [-0.25, -0.2) is 21.8 Å². The molecular weight excluding hydrogens is 380 g/mol. The number of ether oxygens (including phenoxy) is 1. The van der Waals surface area contributed by atoms with Gasteiger partial charge in [0, 0.05) is 7.05 Å². The minimum atomic E-state index is 0.264. The molecule has 1 aliphatic rings. The number of rotatable bonds is 10. The second-order valence-electron chi connectivity index (χ2n) is 7.91. The molecule has 9 nitrogen and oxygen atoms in total. The molecule has 1 saturated carbocycles. The molecule has 8 N–H and O–H groups in total. The molecule has 0 aliphatic heterocycles. The van der Waals surface area contributed by atoms with E-state index in [9.17, 15) is 0 Å². The van der Waals surface area contributed by atoms with Crippen molar-refractivity contribution in [3.63, 3.8) is 0 Å². The van der Waals surface area contributed by atoms with Crippen molar-refractivity contribution in [3.05, 3.63) is 29.2 Å². The van der Waals surface area contributed by atoms with Crippen LogP contribution in [0.1, 0.15) is 69.7 Å². The van der Waals surface area contributed by atoms with Gasteiger partial charge < -0.3 is 21.2 Å². The zero-order chi connectivity index (χ0) is 22.1. The third-order valence-electron chi connectivity index (χ3n) is 5.24. The standard InChI is InChI=1S/C21H38N8O/c1-4-5-13-29(25)27-20(22)14-18(28(3)24)21(23)17-11-12-19(15(2)26-17)30-16-9-7-6-8-10-16/h11-12,16H,4-10,13-14,23-25H2,1-3H3,(H2,22,27)/b21-18-. The van der Waals surface area contributed by atoms with E-state index < -0.39 is 0 Å². The van der Waals surface area contributed by atoms with Crippen molar-refractivity contribution in [2.75, 3.05) is 13.6 Å². The Balaban J connectivity index is 2.16. The smallest absolute Gasteiger partial charge is 0.140 e. The van der Waals surface area contributed by atoms with Crippen LogP contribution < -0.4 is 27.9 Å². The van der Waals surface area contributed by atoms with Crippen LogP contribution in [0, 0.1) is 6.92 Å².